The second-order valence-electron chi connectivity index (χ2n) is 11.2. The number of hydrogen-bond acceptors (Lipinski definition) is 8. The fourth-order valence-corrected chi connectivity index (χ4v) is 8.19. The SMILES string of the molecule is CSc1ccc(-c2ccc(C3(CC(=O)OC(C)(C)C)CCN(C(=O)OC(C)(C)C)CCS3(=O)=O)s2)cc1. The van der Waals surface area contributed by atoms with Gasteiger partial charge in [0.1, 0.15) is 15.9 Å². The van der Waals surface area contributed by atoms with Gasteiger partial charge in [-0.05, 0) is 84.0 Å². The number of esters is 1. The van der Waals surface area contributed by atoms with Crippen LogP contribution in [0.4, 0.5) is 4.79 Å². The summed E-state index contributed by atoms with van der Waals surface area (Å²) in [5, 5.41) is 0. The molecule has 1 aromatic carbocycles. The molecule has 0 bridgehead atoms. The molecule has 0 radical (unpaired) electrons. The number of ether oxygens (including phenoxy) is 2. The molecule has 0 saturated carbocycles. The van der Waals surface area contributed by atoms with Crippen LogP contribution in [0.3, 0.4) is 0 Å². The number of carbonyl (C=O) groups is 2. The Morgan fingerprint density at radius 1 is 0.973 bits per heavy atom. The number of amides is 1. The van der Waals surface area contributed by atoms with E-state index in [4.69, 9.17) is 9.47 Å². The monoisotopic (exact) mass is 567 g/mol. The molecule has 3 rings (SSSR count). The Hall–Kier alpha value is -2.04. The average Bonchev–Trinajstić information content (AvgIpc) is 3.21. The van der Waals surface area contributed by atoms with Crippen molar-refractivity contribution in [3.63, 3.8) is 0 Å². The Kier molecular flexibility index (Phi) is 8.76. The van der Waals surface area contributed by atoms with E-state index in [9.17, 15) is 18.0 Å². The molecular weight excluding hydrogens is 530 g/mol. The van der Waals surface area contributed by atoms with Gasteiger partial charge in [-0.15, -0.1) is 23.1 Å². The lowest BCUT2D eigenvalue weighted by Gasteiger charge is -2.32. The molecule has 0 aliphatic carbocycles. The van der Waals surface area contributed by atoms with E-state index in [0.29, 0.717) is 4.88 Å². The molecule has 0 spiro atoms. The van der Waals surface area contributed by atoms with Crippen molar-refractivity contribution in [1.82, 2.24) is 4.90 Å². The van der Waals surface area contributed by atoms with Crippen molar-refractivity contribution in [1.29, 1.82) is 0 Å². The minimum absolute atomic E-state index is 0.00168. The topological polar surface area (TPSA) is 90.0 Å². The van der Waals surface area contributed by atoms with Gasteiger partial charge in [0.25, 0.3) is 0 Å². The molecule has 0 N–H and O–H groups in total. The fourth-order valence-electron chi connectivity index (χ4n) is 4.18. The second kappa shape index (κ2) is 11.0. The molecule has 37 heavy (non-hydrogen) atoms. The van der Waals surface area contributed by atoms with E-state index in [1.54, 1.807) is 59.4 Å². The van der Waals surface area contributed by atoms with Crippen molar-refractivity contribution in [2.24, 2.45) is 0 Å². The Morgan fingerprint density at radius 3 is 2.16 bits per heavy atom. The fraction of sp³-hybridized carbons (Fsp3) is 0.556. The van der Waals surface area contributed by atoms with Gasteiger partial charge >= 0.3 is 12.1 Å². The number of carbonyl (C=O) groups excluding carboxylic acids is 2. The summed E-state index contributed by atoms with van der Waals surface area (Å²) in [5.41, 5.74) is -0.484. The zero-order chi connectivity index (χ0) is 27.6. The van der Waals surface area contributed by atoms with Crippen LogP contribution in [0.2, 0.25) is 0 Å². The van der Waals surface area contributed by atoms with E-state index in [1.165, 1.54) is 16.2 Å². The van der Waals surface area contributed by atoms with Gasteiger partial charge in [-0.25, -0.2) is 13.2 Å². The normalized spacial score (nSPS) is 20.2. The third-order valence-corrected chi connectivity index (χ3v) is 10.6. The van der Waals surface area contributed by atoms with Gasteiger partial charge in [-0.3, -0.25) is 4.79 Å². The number of thiophene rings is 1. The lowest BCUT2D eigenvalue weighted by Crippen LogP contribution is -2.40. The number of sulfone groups is 1. The molecule has 2 aromatic rings. The molecule has 2 heterocycles. The highest BCUT2D eigenvalue weighted by Crippen LogP contribution is 2.46. The summed E-state index contributed by atoms with van der Waals surface area (Å²) in [5.74, 6) is -0.855. The zero-order valence-electron chi connectivity index (χ0n) is 22.6. The van der Waals surface area contributed by atoms with Crippen LogP contribution in [0.15, 0.2) is 41.3 Å². The number of hydrogen-bond donors (Lipinski definition) is 0. The maximum atomic E-state index is 13.9. The van der Waals surface area contributed by atoms with Crippen molar-refractivity contribution >= 4 is 45.0 Å². The standard InChI is InChI=1S/C27H37NO6S3/c1-25(2,3)33-23(29)18-27(22-13-12-21(36-22)19-8-10-20(35-7)11-9-19)14-15-28(16-17-37(27,31)32)24(30)34-26(4,5)6/h8-13H,14-18H2,1-7H3. The largest absolute Gasteiger partial charge is 0.460 e. The van der Waals surface area contributed by atoms with Crippen molar-refractivity contribution in [3.8, 4) is 10.4 Å². The van der Waals surface area contributed by atoms with Crippen molar-refractivity contribution in [3.05, 3.63) is 41.3 Å². The molecular formula is C27H37NO6S3. The minimum Gasteiger partial charge on any atom is -0.460 e. The molecule has 1 amide bonds. The van der Waals surface area contributed by atoms with Gasteiger partial charge < -0.3 is 14.4 Å². The molecule has 1 unspecified atom stereocenters. The maximum Gasteiger partial charge on any atom is 0.410 e. The summed E-state index contributed by atoms with van der Waals surface area (Å²) in [6.07, 6.45) is 1.20. The molecule has 1 aromatic heterocycles. The second-order valence-corrected chi connectivity index (χ2v) is 15.6. The van der Waals surface area contributed by atoms with Crippen LogP contribution in [0.5, 0.6) is 0 Å². The summed E-state index contributed by atoms with van der Waals surface area (Å²) in [4.78, 5) is 29.9. The average molecular weight is 568 g/mol. The molecule has 1 aliphatic rings. The number of thioether (sulfide) groups is 1. The zero-order valence-corrected chi connectivity index (χ0v) is 25.1. The lowest BCUT2D eigenvalue weighted by molar-refractivity contribution is -0.155. The van der Waals surface area contributed by atoms with Crippen LogP contribution in [0.25, 0.3) is 10.4 Å². The highest BCUT2D eigenvalue weighted by atomic mass is 32.2. The predicted molar refractivity (Wildman–Crippen MR) is 150 cm³/mol. The van der Waals surface area contributed by atoms with Crippen LogP contribution in [0.1, 0.15) is 59.3 Å². The van der Waals surface area contributed by atoms with Gasteiger partial charge in [0.2, 0.25) is 0 Å². The summed E-state index contributed by atoms with van der Waals surface area (Å²) >= 11 is 3.02. The molecule has 1 fully saturated rings. The molecule has 7 nitrogen and oxygen atoms in total. The van der Waals surface area contributed by atoms with Crippen molar-refractivity contribution in [2.45, 2.75) is 75.2 Å². The van der Waals surface area contributed by atoms with Gasteiger partial charge in [-0.2, -0.15) is 0 Å². The van der Waals surface area contributed by atoms with E-state index in [2.05, 4.69) is 0 Å². The van der Waals surface area contributed by atoms with E-state index in [-0.39, 0.29) is 31.7 Å². The molecule has 1 aliphatic heterocycles. The highest BCUT2D eigenvalue weighted by Gasteiger charge is 2.50. The third-order valence-electron chi connectivity index (χ3n) is 5.94. The van der Waals surface area contributed by atoms with Gasteiger partial charge in [0.15, 0.2) is 9.84 Å². The number of benzene rings is 1. The summed E-state index contributed by atoms with van der Waals surface area (Å²) in [6.45, 7) is 10.7. The minimum atomic E-state index is -3.86. The van der Waals surface area contributed by atoms with Gasteiger partial charge in [0, 0.05) is 27.7 Å². The first-order chi connectivity index (χ1) is 17.1. The van der Waals surface area contributed by atoms with E-state index in [1.807, 2.05) is 36.6 Å². The molecule has 1 saturated heterocycles. The number of nitrogens with zero attached hydrogens (tertiary/aromatic N) is 1. The van der Waals surface area contributed by atoms with Crippen LogP contribution in [-0.2, 0) is 28.9 Å². The Balaban J connectivity index is 2.03. The predicted octanol–water partition coefficient (Wildman–Crippen LogP) is 6.12. The van der Waals surface area contributed by atoms with Crippen LogP contribution >= 0.6 is 23.1 Å². The summed E-state index contributed by atoms with van der Waals surface area (Å²) < 4.78 is 37.4. The Bertz CT molecular complexity index is 1220. The maximum absolute atomic E-state index is 13.9. The van der Waals surface area contributed by atoms with E-state index in [0.717, 1.165) is 15.3 Å². The summed E-state index contributed by atoms with van der Waals surface area (Å²) in [6, 6.07) is 11.8. The Labute approximate surface area is 228 Å². The smallest absolute Gasteiger partial charge is 0.410 e. The van der Waals surface area contributed by atoms with Crippen molar-refractivity contribution < 1.29 is 27.5 Å². The van der Waals surface area contributed by atoms with Crippen LogP contribution in [-0.4, -0.2) is 61.7 Å². The lowest BCUT2D eigenvalue weighted by atomic mass is 9.97. The quantitative estimate of drug-likeness (QED) is 0.318. The highest BCUT2D eigenvalue weighted by molar-refractivity contribution is 7.98. The first kappa shape index (κ1) is 29.5. The molecule has 1 atom stereocenters. The molecule has 10 heteroatoms. The number of rotatable bonds is 5. The van der Waals surface area contributed by atoms with E-state index < -0.39 is 37.8 Å². The first-order valence-corrected chi connectivity index (χ1v) is 15.9. The van der Waals surface area contributed by atoms with Gasteiger partial charge in [0.05, 0.1) is 12.2 Å². The van der Waals surface area contributed by atoms with Crippen LogP contribution in [0, 0.1) is 0 Å². The van der Waals surface area contributed by atoms with E-state index >= 15 is 0 Å². The Morgan fingerprint density at radius 2 is 1.59 bits per heavy atom. The van der Waals surface area contributed by atoms with Gasteiger partial charge in [-0.1, -0.05) is 12.1 Å². The van der Waals surface area contributed by atoms with Crippen LogP contribution < -0.4 is 0 Å². The first-order valence-electron chi connectivity index (χ1n) is 12.2. The third kappa shape index (κ3) is 7.29. The molecule has 204 valence electrons. The summed E-state index contributed by atoms with van der Waals surface area (Å²) in [7, 11) is -3.86. The van der Waals surface area contributed by atoms with Crippen molar-refractivity contribution in [2.75, 3.05) is 25.1 Å².